The van der Waals surface area contributed by atoms with Crippen LogP contribution in [0.1, 0.15) is 28.5 Å². The van der Waals surface area contributed by atoms with Crippen molar-refractivity contribution in [1.82, 2.24) is 34.2 Å². The van der Waals surface area contributed by atoms with Crippen molar-refractivity contribution in [1.29, 1.82) is 0 Å². The molecule has 0 aliphatic carbocycles. The van der Waals surface area contributed by atoms with Gasteiger partial charge in [0.15, 0.2) is 5.65 Å². The van der Waals surface area contributed by atoms with Gasteiger partial charge in [-0.2, -0.15) is 15.3 Å². The first-order valence-electron chi connectivity index (χ1n) is 10.5. The third kappa shape index (κ3) is 4.10. The highest BCUT2D eigenvalue weighted by molar-refractivity contribution is 6.30. The lowest BCUT2D eigenvalue weighted by Gasteiger charge is -2.04. The van der Waals surface area contributed by atoms with Crippen LogP contribution in [0.2, 0.25) is 5.02 Å². The zero-order chi connectivity index (χ0) is 22.9. The van der Waals surface area contributed by atoms with Crippen molar-refractivity contribution in [3.63, 3.8) is 0 Å². The Balaban J connectivity index is 1.38. The molecule has 9 nitrogen and oxygen atoms in total. The van der Waals surface area contributed by atoms with E-state index in [9.17, 15) is 4.79 Å². The Hall–Kier alpha value is -3.98. The van der Waals surface area contributed by atoms with Crippen LogP contribution in [0.15, 0.2) is 61.3 Å². The molecule has 5 rings (SSSR count). The highest BCUT2D eigenvalue weighted by atomic mass is 35.5. The van der Waals surface area contributed by atoms with Crippen molar-refractivity contribution in [2.24, 2.45) is 0 Å². The Bertz CT molecular complexity index is 1450. The molecule has 0 spiro atoms. The molecule has 0 saturated carbocycles. The van der Waals surface area contributed by atoms with E-state index in [0.29, 0.717) is 28.5 Å². The summed E-state index contributed by atoms with van der Waals surface area (Å²) in [4.78, 5) is 17.4. The lowest BCUT2D eigenvalue weighted by molar-refractivity contribution is 0.102. The second kappa shape index (κ2) is 8.51. The van der Waals surface area contributed by atoms with Gasteiger partial charge < -0.3 is 5.32 Å². The fraction of sp³-hybridized carbons (Fsp3) is 0.174. The molecule has 0 unspecified atom stereocenters. The van der Waals surface area contributed by atoms with E-state index in [1.165, 1.54) is 6.20 Å². The van der Waals surface area contributed by atoms with Crippen LogP contribution in [0, 0.1) is 6.92 Å². The van der Waals surface area contributed by atoms with Gasteiger partial charge >= 0.3 is 0 Å². The Morgan fingerprint density at radius 2 is 1.88 bits per heavy atom. The van der Waals surface area contributed by atoms with Crippen LogP contribution in [0.4, 0.5) is 5.69 Å². The zero-order valence-corrected chi connectivity index (χ0v) is 18.9. The fourth-order valence-corrected chi connectivity index (χ4v) is 3.80. The molecule has 0 saturated heterocycles. The topological polar surface area (TPSA) is 94.9 Å². The molecule has 0 fully saturated rings. The van der Waals surface area contributed by atoms with Gasteiger partial charge in [-0.15, -0.1) is 0 Å². The second-order valence-corrected chi connectivity index (χ2v) is 8.05. The van der Waals surface area contributed by atoms with E-state index in [1.807, 2.05) is 55.1 Å². The van der Waals surface area contributed by atoms with Gasteiger partial charge in [-0.05, 0) is 37.6 Å². The quantitative estimate of drug-likeness (QED) is 0.412. The third-order valence-corrected chi connectivity index (χ3v) is 5.59. The van der Waals surface area contributed by atoms with Crippen LogP contribution >= 0.6 is 11.6 Å². The summed E-state index contributed by atoms with van der Waals surface area (Å²) >= 11 is 5.94. The average molecular weight is 461 g/mol. The molecule has 5 aromatic rings. The van der Waals surface area contributed by atoms with Gasteiger partial charge in [-0.3, -0.25) is 14.2 Å². The molecule has 0 bridgehead atoms. The number of hydrogen-bond donors (Lipinski definition) is 1. The van der Waals surface area contributed by atoms with Gasteiger partial charge in [-0.1, -0.05) is 23.7 Å². The van der Waals surface area contributed by atoms with Crippen LogP contribution in [-0.2, 0) is 13.1 Å². The number of halogens is 1. The van der Waals surface area contributed by atoms with E-state index in [2.05, 4.69) is 25.6 Å². The van der Waals surface area contributed by atoms with E-state index < -0.39 is 0 Å². The molecule has 4 heterocycles. The number of carbonyl (C=O) groups is 1. The Morgan fingerprint density at radius 3 is 2.64 bits per heavy atom. The van der Waals surface area contributed by atoms with Gasteiger partial charge in [0.2, 0.25) is 0 Å². The van der Waals surface area contributed by atoms with Gasteiger partial charge in [0, 0.05) is 35.7 Å². The standard InChI is InChI=1S/C23H21ClN8O/c1-3-30-14-20(15(2)29-30)21-8-9-25-22-19(11-27-32(21)22)23(33)28-18-10-26-31(13-18)12-16-4-6-17(24)7-5-16/h4-11,13-14H,3,12H2,1-2H3,(H,28,33). The fourth-order valence-electron chi connectivity index (χ4n) is 3.68. The maximum absolute atomic E-state index is 13.0. The molecule has 0 aliphatic heterocycles. The highest BCUT2D eigenvalue weighted by Gasteiger charge is 2.18. The van der Waals surface area contributed by atoms with Gasteiger partial charge in [0.05, 0.1) is 36.0 Å². The number of aryl methyl sites for hydroxylation is 2. The smallest absolute Gasteiger partial charge is 0.261 e. The number of amides is 1. The highest BCUT2D eigenvalue weighted by Crippen LogP contribution is 2.24. The molecular formula is C23H21ClN8O. The lowest BCUT2D eigenvalue weighted by Crippen LogP contribution is -2.11. The van der Waals surface area contributed by atoms with Crippen LogP contribution in [0.25, 0.3) is 16.9 Å². The summed E-state index contributed by atoms with van der Waals surface area (Å²) in [5, 5.41) is 16.8. The van der Waals surface area contributed by atoms with E-state index in [4.69, 9.17) is 11.6 Å². The van der Waals surface area contributed by atoms with Gasteiger partial charge in [-0.25, -0.2) is 9.50 Å². The van der Waals surface area contributed by atoms with Crippen molar-refractivity contribution in [2.45, 2.75) is 26.9 Å². The first-order valence-corrected chi connectivity index (χ1v) is 10.8. The summed E-state index contributed by atoms with van der Waals surface area (Å²) in [6, 6.07) is 9.42. The van der Waals surface area contributed by atoms with Crippen molar-refractivity contribution in [3.05, 3.63) is 83.2 Å². The van der Waals surface area contributed by atoms with Crippen LogP contribution in [0.5, 0.6) is 0 Å². The molecule has 33 heavy (non-hydrogen) atoms. The second-order valence-electron chi connectivity index (χ2n) is 7.61. The number of nitrogens with zero attached hydrogens (tertiary/aromatic N) is 7. The number of fused-ring (bicyclic) bond motifs is 1. The summed E-state index contributed by atoms with van der Waals surface area (Å²) in [5.41, 5.74) is 5.16. The summed E-state index contributed by atoms with van der Waals surface area (Å²) < 4.78 is 5.29. The summed E-state index contributed by atoms with van der Waals surface area (Å²) in [6.07, 6.45) is 8.57. The number of nitrogens with one attached hydrogen (secondary N) is 1. The van der Waals surface area contributed by atoms with E-state index in [1.54, 1.807) is 27.8 Å². The van der Waals surface area contributed by atoms with Gasteiger partial charge in [0.1, 0.15) is 5.56 Å². The lowest BCUT2D eigenvalue weighted by atomic mass is 10.2. The van der Waals surface area contributed by atoms with E-state index >= 15 is 0 Å². The number of rotatable bonds is 6. The summed E-state index contributed by atoms with van der Waals surface area (Å²) in [7, 11) is 0. The van der Waals surface area contributed by atoms with E-state index in [0.717, 1.165) is 29.1 Å². The third-order valence-electron chi connectivity index (χ3n) is 5.34. The van der Waals surface area contributed by atoms with Crippen molar-refractivity contribution < 1.29 is 4.79 Å². The maximum atomic E-state index is 13.0. The first kappa shape index (κ1) is 20.9. The molecule has 10 heteroatoms. The Labute approximate surface area is 194 Å². The minimum atomic E-state index is -0.304. The number of hydrogen-bond acceptors (Lipinski definition) is 5. The van der Waals surface area contributed by atoms with Gasteiger partial charge in [0.25, 0.3) is 5.91 Å². The predicted molar refractivity (Wildman–Crippen MR) is 125 cm³/mol. The van der Waals surface area contributed by atoms with Crippen molar-refractivity contribution in [3.8, 4) is 11.3 Å². The Kier molecular flexibility index (Phi) is 5.39. The minimum Gasteiger partial charge on any atom is -0.319 e. The van der Waals surface area contributed by atoms with Crippen LogP contribution in [0.3, 0.4) is 0 Å². The molecule has 4 aromatic heterocycles. The minimum absolute atomic E-state index is 0.304. The maximum Gasteiger partial charge on any atom is 0.261 e. The molecule has 1 N–H and O–H groups in total. The molecule has 0 radical (unpaired) electrons. The van der Waals surface area contributed by atoms with Crippen LogP contribution in [-0.4, -0.2) is 40.1 Å². The van der Waals surface area contributed by atoms with Crippen molar-refractivity contribution in [2.75, 3.05) is 5.32 Å². The largest absolute Gasteiger partial charge is 0.319 e. The summed E-state index contributed by atoms with van der Waals surface area (Å²) in [6.45, 7) is 5.33. The molecule has 1 aromatic carbocycles. The normalized spacial score (nSPS) is 11.2. The predicted octanol–water partition coefficient (Wildman–Crippen LogP) is 4.07. The molecule has 166 valence electrons. The molecule has 1 amide bonds. The van der Waals surface area contributed by atoms with E-state index in [-0.39, 0.29) is 5.91 Å². The number of anilines is 1. The molecule has 0 aliphatic rings. The number of benzene rings is 1. The summed E-state index contributed by atoms with van der Waals surface area (Å²) in [5.74, 6) is -0.304. The first-order chi connectivity index (χ1) is 16.0. The monoisotopic (exact) mass is 460 g/mol. The Morgan fingerprint density at radius 1 is 1.06 bits per heavy atom. The van der Waals surface area contributed by atoms with Crippen molar-refractivity contribution >= 4 is 28.8 Å². The number of aromatic nitrogens is 7. The van der Waals surface area contributed by atoms with Crippen LogP contribution < -0.4 is 5.32 Å². The zero-order valence-electron chi connectivity index (χ0n) is 18.1. The SMILES string of the molecule is CCn1cc(-c2ccnc3c(C(=O)Nc4cnn(Cc5ccc(Cl)cc5)c4)cnn23)c(C)n1. The average Bonchev–Trinajstić information content (AvgIpc) is 3.53. The molecule has 0 atom stereocenters. The molecular weight excluding hydrogens is 440 g/mol. The number of carbonyl (C=O) groups excluding carboxylic acids is 1.